The number of hydrogen-bond donors (Lipinski definition) is 0. The molecule has 0 radical (unpaired) electrons. The summed E-state index contributed by atoms with van der Waals surface area (Å²) in [5.74, 6) is 1.64. The molecule has 4 rings (SSSR count). The van der Waals surface area contributed by atoms with Gasteiger partial charge in [-0.3, -0.25) is 14.6 Å². The lowest BCUT2D eigenvalue weighted by Crippen LogP contribution is -2.49. The highest BCUT2D eigenvalue weighted by molar-refractivity contribution is 5.78. The van der Waals surface area contributed by atoms with Gasteiger partial charge in [-0.1, -0.05) is 30.3 Å². The molecule has 1 aromatic carbocycles. The highest BCUT2D eigenvalue weighted by Crippen LogP contribution is 2.13. The van der Waals surface area contributed by atoms with Crippen molar-refractivity contribution in [2.45, 2.75) is 19.6 Å². The van der Waals surface area contributed by atoms with Gasteiger partial charge in [0.25, 0.3) is 0 Å². The largest absolute Gasteiger partial charge is 0.467 e. The van der Waals surface area contributed by atoms with Crippen molar-refractivity contribution in [3.8, 4) is 0 Å². The first kappa shape index (κ1) is 19.5. The van der Waals surface area contributed by atoms with Crippen LogP contribution in [0.1, 0.15) is 17.1 Å². The van der Waals surface area contributed by atoms with Crippen LogP contribution in [0.3, 0.4) is 0 Å². The van der Waals surface area contributed by atoms with Crippen molar-refractivity contribution in [2.24, 2.45) is 0 Å². The van der Waals surface area contributed by atoms with Crippen LogP contribution in [0.25, 0.3) is 0 Å². The van der Waals surface area contributed by atoms with E-state index in [-0.39, 0.29) is 5.91 Å². The Morgan fingerprint density at radius 1 is 0.793 bits per heavy atom. The van der Waals surface area contributed by atoms with Crippen molar-refractivity contribution >= 4 is 5.91 Å². The summed E-state index contributed by atoms with van der Waals surface area (Å²) < 4.78 is 10.9. The summed E-state index contributed by atoms with van der Waals surface area (Å²) in [5.41, 5.74) is 1.33. The third-order valence-corrected chi connectivity index (χ3v) is 5.28. The standard InChI is InChI=1S/C23H27N3O3/c27-23(26(17-21-8-4-14-28-21)18-22-9-5-15-29-22)19-25-12-10-24(11-13-25)16-20-6-2-1-3-7-20/h1-9,14-15H,10-13,16-19H2. The number of furan rings is 2. The van der Waals surface area contributed by atoms with E-state index in [0.717, 1.165) is 44.2 Å². The molecular formula is C23H27N3O3. The zero-order valence-electron chi connectivity index (χ0n) is 16.6. The number of nitrogens with zero attached hydrogens (tertiary/aromatic N) is 3. The maximum Gasteiger partial charge on any atom is 0.237 e. The minimum Gasteiger partial charge on any atom is -0.467 e. The van der Waals surface area contributed by atoms with E-state index in [1.54, 1.807) is 17.4 Å². The van der Waals surface area contributed by atoms with Gasteiger partial charge in [0, 0.05) is 32.7 Å². The first-order valence-corrected chi connectivity index (χ1v) is 10.1. The smallest absolute Gasteiger partial charge is 0.237 e. The molecule has 0 atom stereocenters. The topological polar surface area (TPSA) is 53.1 Å². The van der Waals surface area contributed by atoms with Gasteiger partial charge in [-0.25, -0.2) is 0 Å². The van der Waals surface area contributed by atoms with Crippen molar-refractivity contribution in [3.05, 3.63) is 84.2 Å². The van der Waals surface area contributed by atoms with Crippen LogP contribution in [0.15, 0.2) is 76.0 Å². The predicted molar refractivity (Wildman–Crippen MR) is 110 cm³/mol. The molecule has 29 heavy (non-hydrogen) atoms. The van der Waals surface area contributed by atoms with Crippen LogP contribution in [0.5, 0.6) is 0 Å². The number of amides is 1. The van der Waals surface area contributed by atoms with Gasteiger partial charge >= 0.3 is 0 Å². The minimum atomic E-state index is 0.0920. The molecule has 0 saturated carbocycles. The summed E-state index contributed by atoms with van der Waals surface area (Å²) in [6.07, 6.45) is 3.27. The van der Waals surface area contributed by atoms with Crippen LogP contribution in [0.2, 0.25) is 0 Å². The molecule has 0 bridgehead atoms. The van der Waals surface area contributed by atoms with Crippen LogP contribution in [0, 0.1) is 0 Å². The predicted octanol–water partition coefficient (Wildman–Crippen LogP) is 3.22. The van der Waals surface area contributed by atoms with Crippen LogP contribution in [0.4, 0.5) is 0 Å². The molecule has 0 aliphatic carbocycles. The maximum atomic E-state index is 13.0. The third kappa shape index (κ3) is 5.59. The molecule has 6 heteroatoms. The summed E-state index contributed by atoms with van der Waals surface area (Å²) in [5, 5.41) is 0. The fraction of sp³-hybridized carbons (Fsp3) is 0.348. The van der Waals surface area contributed by atoms with Gasteiger partial charge in [0.2, 0.25) is 5.91 Å². The molecule has 152 valence electrons. The van der Waals surface area contributed by atoms with Crippen LogP contribution in [-0.4, -0.2) is 53.3 Å². The van der Waals surface area contributed by atoms with Gasteiger partial charge in [-0.05, 0) is 29.8 Å². The first-order chi connectivity index (χ1) is 14.3. The van der Waals surface area contributed by atoms with Gasteiger partial charge in [0.15, 0.2) is 0 Å². The molecule has 3 heterocycles. The molecule has 0 N–H and O–H groups in total. The lowest BCUT2D eigenvalue weighted by Gasteiger charge is -2.35. The Labute approximate surface area is 171 Å². The molecule has 3 aromatic rings. The van der Waals surface area contributed by atoms with E-state index < -0.39 is 0 Å². The third-order valence-electron chi connectivity index (χ3n) is 5.28. The lowest BCUT2D eigenvalue weighted by molar-refractivity contribution is -0.134. The SMILES string of the molecule is O=C(CN1CCN(Cc2ccccc2)CC1)N(Cc1ccco1)Cc1ccco1. The number of benzene rings is 1. The highest BCUT2D eigenvalue weighted by atomic mass is 16.3. The molecule has 6 nitrogen and oxygen atoms in total. The summed E-state index contributed by atoms with van der Waals surface area (Å²) in [4.78, 5) is 19.5. The summed E-state index contributed by atoms with van der Waals surface area (Å²) in [6.45, 7) is 6.01. The van der Waals surface area contributed by atoms with E-state index in [1.165, 1.54) is 5.56 Å². The Morgan fingerprint density at radius 3 is 1.93 bits per heavy atom. The summed E-state index contributed by atoms with van der Waals surface area (Å²) in [7, 11) is 0. The van der Waals surface area contributed by atoms with Crippen molar-refractivity contribution in [1.82, 2.24) is 14.7 Å². The molecule has 1 fully saturated rings. The molecule has 1 aliphatic rings. The fourth-order valence-corrected chi connectivity index (χ4v) is 3.65. The second-order valence-corrected chi connectivity index (χ2v) is 7.45. The van der Waals surface area contributed by atoms with Crippen molar-refractivity contribution in [2.75, 3.05) is 32.7 Å². The first-order valence-electron chi connectivity index (χ1n) is 10.1. The number of hydrogen-bond acceptors (Lipinski definition) is 5. The van der Waals surface area contributed by atoms with E-state index in [4.69, 9.17) is 8.83 Å². The Hall–Kier alpha value is -2.83. The highest BCUT2D eigenvalue weighted by Gasteiger charge is 2.23. The lowest BCUT2D eigenvalue weighted by atomic mass is 10.2. The molecule has 1 amide bonds. The van der Waals surface area contributed by atoms with E-state index >= 15 is 0 Å². The molecule has 0 spiro atoms. The second-order valence-electron chi connectivity index (χ2n) is 7.45. The quantitative estimate of drug-likeness (QED) is 0.588. The average molecular weight is 393 g/mol. The Bertz CT molecular complexity index is 818. The molecule has 0 unspecified atom stereocenters. The van der Waals surface area contributed by atoms with Crippen molar-refractivity contribution < 1.29 is 13.6 Å². The van der Waals surface area contributed by atoms with Gasteiger partial charge in [-0.15, -0.1) is 0 Å². The average Bonchev–Trinajstić information content (AvgIpc) is 3.44. The van der Waals surface area contributed by atoms with Crippen LogP contribution in [-0.2, 0) is 24.4 Å². The minimum absolute atomic E-state index is 0.0920. The van der Waals surface area contributed by atoms with Crippen molar-refractivity contribution in [1.29, 1.82) is 0 Å². The molecule has 1 aliphatic heterocycles. The maximum absolute atomic E-state index is 13.0. The molecule has 1 saturated heterocycles. The number of carbonyl (C=O) groups is 1. The second kappa shape index (κ2) is 9.58. The Morgan fingerprint density at radius 2 is 1.38 bits per heavy atom. The number of carbonyl (C=O) groups excluding carboxylic acids is 1. The monoisotopic (exact) mass is 393 g/mol. The van der Waals surface area contributed by atoms with Gasteiger partial charge in [-0.2, -0.15) is 0 Å². The van der Waals surface area contributed by atoms with Gasteiger partial charge < -0.3 is 13.7 Å². The van der Waals surface area contributed by atoms with Crippen LogP contribution < -0.4 is 0 Å². The van der Waals surface area contributed by atoms with E-state index in [2.05, 4.69) is 34.1 Å². The molecular weight excluding hydrogens is 366 g/mol. The fourth-order valence-electron chi connectivity index (χ4n) is 3.65. The van der Waals surface area contributed by atoms with E-state index in [1.807, 2.05) is 30.3 Å². The Kier molecular flexibility index (Phi) is 6.44. The summed E-state index contributed by atoms with van der Waals surface area (Å²) >= 11 is 0. The summed E-state index contributed by atoms with van der Waals surface area (Å²) in [6, 6.07) is 18.0. The molecule has 2 aromatic heterocycles. The van der Waals surface area contributed by atoms with Gasteiger partial charge in [0.05, 0.1) is 32.2 Å². The van der Waals surface area contributed by atoms with E-state index in [9.17, 15) is 4.79 Å². The zero-order valence-corrected chi connectivity index (χ0v) is 16.6. The van der Waals surface area contributed by atoms with Crippen LogP contribution >= 0.6 is 0 Å². The van der Waals surface area contributed by atoms with Gasteiger partial charge in [0.1, 0.15) is 11.5 Å². The Balaban J connectivity index is 1.30. The zero-order chi connectivity index (χ0) is 19.9. The van der Waals surface area contributed by atoms with E-state index in [0.29, 0.717) is 19.6 Å². The van der Waals surface area contributed by atoms with Crippen molar-refractivity contribution in [3.63, 3.8) is 0 Å². The number of rotatable bonds is 8. The number of piperazine rings is 1. The normalized spacial score (nSPS) is 15.4.